The molecular weight excluding hydrogens is 350 g/mol. The molecule has 0 unspecified atom stereocenters. The first-order valence-corrected chi connectivity index (χ1v) is 9.23. The minimum Gasteiger partial charge on any atom is -0.491 e. The molecular formula is C20H29NO6. The van der Waals surface area contributed by atoms with E-state index in [0.29, 0.717) is 59.5 Å². The van der Waals surface area contributed by atoms with Crippen molar-refractivity contribution < 1.29 is 28.4 Å². The zero-order valence-corrected chi connectivity index (χ0v) is 15.7. The SMILES string of the molecule is C#CCOCCOCCOCCOCCOc1ccc(OC2CNC2)cc1. The fourth-order valence-electron chi connectivity index (χ4n) is 2.16. The molecule has 1 aromatic carbocycles. The second-order valence-corrected chi connectivity index (χ2v) is 5.81. The molecule has 2 rings (SSSR count). The molecule has 0 atom stereocenters. The van der Waals surface area contributed by atoms with Crippen molar-refractivity contribution in [3.63, 3.8) is 0 Å². The average molecular weight is 379 g/mol. The molecule has 150 valence electrons. The van der Waals surface area contributed by atoms with Crippen LogP contribution in [0.5, 0.6) is 11.5 Å². The van der Waals surface area contributed by atoms with Crippen LogP contribution in [0, 0.1) is 12.3 Å². The van der Waals surface area contributed by atoms with Crippen LogP contribution in [0.25, 0.3) is 0 Å². The standard InChI is InChI=1S/C20H29NO6/c1-2-7-22-8-9-23-10-11-24-12-13-25-14-15-26-18-3-5-19(6-4-18)27-20-16-21-17-20/h1,3-6,20-21H,7-17H2. The molecule has 1 heterocycles. The van der Waals surface area contributed by atoms with Gasteiger partial charge in [-0.25, -0.2) is 0 Å². The number of rotatable bonds is 16. The number of terminal acetylenes is 1. The first-order valence-electron chi connectivity index (χ1n) is 9.23. The maximum atomic E-state index is 5.75. The van der Waals surface area contributed by atoms with E-state index >= 15 is 0 Å². The van der Waals surface area contributed by atoms with Gasteiger partial charge >= 0.3 is 0 Å². The lowest BCUT2D eigenvalue weighted by Gasteiger charge is -2.27. The smallest absolute Gasteiger partial charge is 0.123 e. The molecule has 0 aromatic heterocycles. The van der Waals surface area contributed by atoms with Gasteiger partial charge in [0.05, 0.1) is 46.2 Å². The molecule has 0 bridgehead atoms. The monoisotopic (exact) mass is 379 g/mol. The number of nitrogens with one attached hydrogen (secondary N) is 1. The van der Waals surface area contributed by atoms with Crippen LogP contribution in [0.15, 0.2) is 24.3 Å². The second kappa shape index (κ2) is 14.3. The molecule has 0 amide bonds. The fourth-order valence-corrected chi connectivity index (χ4v) is 2.16. The van der Waals surface area contributed by atoms with Gasteiger partial charge in [0, 0.05) is 13.1 Å². The highest BCUT2D eigenvalue weighted by molar-refractivity contribution is 5.31. The molecule has 0 spiro atoms. The van der Waals surface area contributed by atoms with Crippen molar-refractivity contribution in [1.82, 2.24) is 5.32 Å². The topological polar surface area (TPSA) is 67.4 Å². The Balaban J connectivity index is 1.35. The van der Waals surface area contributed by atoms with Gasteiger partial charge in [0.1, 0.15) is 30.8 Å². The minimum absolute atomic E-state index is 0.284. The fraction of sp³-hybridized carbons (Fsp3) is 0.600. The van der Waals surface area contributed by atoms with E-state index in [4.69, 9.17) is 34.8 Å². The van der Waals surface area contributed by atoms with Gasteiger partial charge in [0.15, 0.2) is 0 Å². The van der Waals surface area contributed by atoms with Crippen molar-refractivity contribution in [3.05, 3.63) is 24.3 Å². The molecule has 1 N–H and O–H groups in total. The van der Waals surface area contributed by atoms with E-state index in [9.17, 15) is 0 Å². The number of benzene rings is 1. The molecule has 1 aliphatic heterocycles. The maximum absolute atomic E-state index is 5.75. The van der Waals surface area contributed by atoms with E-state index < -0.39 is 0 Å². The van der Waals surface area contributed by atoms with Crippen LogP contribution in [0.3, 0.4) is 0 Å². The van der Waals surface area contributed by atoms with E-state index in [1.807, 2.05) is 24.3 Å². The average Bonchev–Trinajstić information content (AvgIpc) is 2.66. The zero-order chi connectivity index (χ0) is 19.0. The van der Waals surface area contributed by atoms with Crippen LogP contribution in [0.2, 0.25) is 0 Å². The number of hydrogen-bond acceptors (Lipinski definition) is 7. The van der Waals surface area contributed by atoms with Crippen LogP contribution >= 0.6 is 0 Å². The molecule has 1 aliphatic rings. The Labute approximate surface area is 161 Å². The number of ether oxygens (including phenoxy) is 6. The van der Waals surface area contributed by atoms with Crippen molar-refractivity contribution in [3.8, 4) is 23.8 Å². The van der Waals surface area contributed by atoms with Crippen LogP contribution in [0.1, 0.15) is 0 Å². The third-order valence-electron chi connectivity index (χ3n) is 3.67. The Morgan fingerprint density at radius 3 is 1.81 bits per heavy atom. The predicted molar refractivity (Wildman–Crippen MR) is 101 cm³/mol. The van der Waals surface area contributed by atoms with Crippen molar-refractivity contribution in [1.29, 1.82) is 0 Å². The summed E-state index contributed by atoms with van der Waals surface area (Å²) < 4.78 is 32.7. The molecule has 0 aliphatic carbocycles. The van der Waals surface area contributed by atoms with E-state index in [1.54, 1.807) is 0 Å². The van der Waals surface area contributed by atoms with Crippen LogP contribution in [-0.4, -0.2) is 78.7 Å². The third kappa shape index (κ3) is 10.2. The maximum Gasteiger partial charge on any atom is 0.123 e. The van der Waals surface area contributed by atoms with Crippen LogP contribution in [-0.2, 0) is 18.9 Å². The Hall–Kier alpha value is -1.82. The normalized spacial score (nSPS) is 13.7. The highest BCUT2D eigenvalue weighted by Gasteiger charge is 2.17. The van der Waals surface area contributed by atoms with Crippen molar-refractivity contribution in [2.75, 3.05) is 72.6 Å². The molecule has 27 heavy (non-hydrogen) atoms. The largest absolute Gasteiger partial charge is 0.491 e. The Bertz CT molecular complexity index is 526. The molecule has 7 nitrogen and oxygen atoms in total. The lowest BCUT2D eigenvalue weighted by atomic mass is 10.2. The van der Waals surface area contributed by atoms with Gasteiger partial charge in [-0.3, -0.25) is 0 Å². The number of hydrogen-bond donors (Lipinski definition) is 1. The summed E-state index contributed by atoms with van der Waals surface area (Å²) >= 11 is 0. The molecule has 0 radical (unpaired) electrons. The summed E-state index contributed by atoms with van der Waals surface area (Å²) in [6.07, 6.45) is 5.35. The Kier molecular flexibility index (Phi) is 11.3. The highest BCUT2D eigenvalue weighted by atomic mass is 16.6. The lowest BCUT2D eigenvalue weighted by molar-refractivity contribution is -0.00187. The van der Waals surface area contributed by atoms with Gasteiger partial charge in [-0.1, -0.05) is 5.92 Å². The van der Waals surface area contributed by atoms with Gasteiger partial charge in [-0.2, -0.15) is 0 Å². The summed E-state index contributed by atoms with van der Waals surface area (Å²) in [5.74, 6) is 4.07. The van der Waals surface area contributed by atoms with Gasteiger partial charge in [0.25, 0.3) is 0 Å². The second-order valence-electron chi connectivity index (χ2n) is 5.81. The van der Waals surface area contributed by atoms with Crippen molar-refractivity contribution in [2.45, 2.75) is 6.10 Å². The predicted octanol–water partition coefficient (Wildman–Crippen LogP) is 1.12. The summed E-state index contributed by atoms with van der Waals surface area (Å²) in [7, 11) is 0. The summed E-state index contributed by atoms with van der Waals surface area (Å²) in [4.78, 5) is 0. The third-order valence-corrected chi connectivity index (χ3v) is 3.67. The lowest BCUT2D eigenvalue weighted by Crippen LogP contribution is -2.50. The van der Waals surface area contributed by atoms with Crippen LogP contribution < -0.4 is 14.8 Å². The Morgan fingerprint density at radius 2 is 1.30 bits per heavy atom. The Morgan fingerprint density at radius 1 is 0.778 bits per heavy atom. The van der Waals surface area contributed by atoms with Crippen molar-refractivity contribution >= 4 is 0 Å². The van der Waals surface area contributed by atoms with Gasteiger partial charge in [0.2, 0.25) is 0 Å². The highest BCUT2D eigenvalue weighted by Crippen LogP contribution is 2.19. The molecule has 1 fully saturated rings. The first-order chi connectivity index (χ1) is 13.4. The van der Waals surface area contributed by atoms with Gasteiger partial charge < -0.3 is 33.7 Å². The first kappa shape index (κ1) is 21.5. The van der Waals surface area contributed by atoms with Gasteiger partial charge in [-0.05, 0) is 24.3 Å². The minimum atomic E-state index is 0.284. The van der Waals surface area contributed by atoms with Crippen molar-refractivity contribution in [2.24, 2.45) is 0 Å². The van der Waals surface area contributed by atoms with E-state index in [2.05, 4.69) is 11.2 Å². The van der Waals surface area contributed by atoms with Gasteiger partial charge in [-0.15, -0.1) is 6.42 Å². The summed E-state index contributed by atoms with van der Waals surface area (Å²) in [6.45, 7) is 6.27. The quantitative estimate of drug-likeness (QED) is 0.341. The van der Waals surface area contributed by atoms with E-state index in [1.165, 1.54) is 0 Å². The summed E-state index contributed by atoms with van der Waals surface area (Å²) in [5, 5.41) is 3.17. The molecule has 1 aromatic rings. The van der Waals surface area contributed by atoms with E-state index in [0.717, 1.165) is 24.6 Å². The zero-order valence-electron chi connectivity index (χ0n) is 15.7. The molecule has 0 saturated carbocycles. The molecule has 7 heteroatoms. The van der Waals surface area contributed by atoms with Crippen LogP contribution in [0.4, 0.5) is 0 Å². The summed E-state index contributed by atoms with van der Waals surface area (Å²) in [5.41, 5.74) is 0. The van der Waals surface area contributed by atoms with E-state index in [-0.39, 0.29) is 6.10 Å². The molecule has 1 saturated heterocycles. The summed E-state index contributed by atoms with van der Waals surface area (Å²) in [6, 6.07) is 7.65.